The van der Waals surface area contributed by atoms with Crippen LogP contribution >= 0.6 is 0 Å². The fraction of sp³-hybridized carbons (Fsp3) is 0.355. The molecule has 1 fully saturated rings. The fourth-order valence-corrected chi connectivity index (χ4v) is 4.90. The summed E-state index contributed by atoms with van der Waals surface area (Å²) < 4.78 is 19.5. The molecule has 0 radical (unpaired) electrons. The van der Waals surface area contributed by atoms with E-state index < -0.39 is 18.3 Å². The normalized spacial score (nSPS) is 22.9. The number of rotatable bonds is 11. The summed E-state index contributed by atoms with van der Waals surface area (Å²) in [5.41, 5.74) is 3.04. The molecule has 7 heteroatoms. The van der Waals surface area contributed by atoms with Crippen LogP contribution in [-0.2, 0) is 43.6 Å². The third-order valence-corrected chi connectivity index (χ3v) is 6.58. The van der Waals surface area contributed by atoms with Gasteiger partial charge < -0.3 is 24.8 Å². The van der Waals surface area contributed by atoms with Gasteiger partial charge in [-0.2, -0.15) is 0 Å². The van der Waals surface area contributed by atoms with E-state index >= 15 is 0 Å². The number of amides is 2. The molecule has 0 aliphatic heterocycles. The minimum atomic E-state index is -0.565. The zero-order chi connectivity index (χ0) is 26.7. The third kappa shape index (κ3) is 7.99. The number of hydrogen-bond donors (Lipinski definition) is 2. The van der Waals surface area contributed by atoms with Gasteiger partial charge in [0.1, 0.15) is 18.3 Å². The molecule has 1 aliphatic carbocycles. The van der Waals surface area contributed by atoms with Gasteiger partial charge in [-0.3, -0.25) is 9.59 Å². The second kappa shape index (κ2) is 13.9. The van der Waals surface area contributed by atoms with Crippen LogP contribution in [0.4, 0.5) is 0 Å². The van der Waals surface area contributed by atoms with E-state index in [0.717, 1.165) is 16.7 Å². The highest BCUT2D eigenvalue weighted by atomic mass is 16.6. The first-order valence-corrected chi connectivity index (χ1v) is 13.0. The van der Waals surface area contributed by atoms with Crippen LogP contribution in [0.15, 0.2) is 91.0 Å². The van der Waals surface area contributed by atoms with E-state index in [1.54, 1.807) is 0 Å². The Balaban J connectivity index is 1.64. The van der Waals surface area contributed by atoms with Crippen LogP contribution in [-0.4, -0.2) is 42.2 Å². The molecule has 3 aromatic rings. The van der Waals surface area contributed by atoms with Gasteiger partial charge in [-0.05, 0) is 23.1 Å². The molecule has 1 aliphatic rings. The lowest BCUT2D eigenvalue weighted by Gasteiger charge is -2.46. The molecule has 3 aromatic carbocycles. The van der Waals surface area contributed by atoms with Gasteiger partial charge in [0, 0.05) is 13.8 Å². The van der Waals surface area contributed by atoms with Gasteiger partial charge in [0.15, 0.2) is 0 Å². The summed E-state index contributed by atoms with van der Waals surface area (Å²) in [6, 6.07) is 28.9. The van der Waals surface area contributed by atoms with Crippen molar-refractivity contribution in [3.63, 3.8) is 0 Å². The molecule has 0 aromatic heterocycles. The maximum Gasteiger partial charge on any atom is 0.217 e. The van der Waals surface area contributed by atoms with E-state index in [9.17, 15) is 9.59 Å². The number of benzene rings is 3. The van der Waals surface area contributed by atoms with Gasteiger partial charge in [0.25, 0.3) is 0 Å². The van der Waals surface area contributed by atoms with Crippen molar-refractivity contribution < 1.29 is 23.8 Å². The van der Waals surface area contributed by atoms with Gasteiger partial charge in [-0.15, -0.1) is 0 Å². The molecule has 7 nitrogen and oxygen atoms in total. The SMILES string of the molecule is CC(=O)NC1CC(NC(C)=O)C(OCc2ccccc2)C(OCc2ccccc2)C1OCc1ccccc1. The van der Waals surface area contributed by atoms with Gasteiger partial charge in [-0.1, -0.05) is 91.0 Å². The maximum absolute atomic E-state index is 12.2. The summed E-state index contributed by atoms with van der Waals surface area (Å²) in [6.07, 6.45) is -1.13. The van der Waals surface area contributed by atoms with Gasteiger partial charge in [0.05, 0.1) is 31.9 Å². The Morgan fingerprint density at radius 2 is 0.895 bits per heavy atom. The summed E-state index contributed by atoms with van der Waals surface area (Å²) in [4.78, 5) is 24.4. The van der Waals surface area contributed by atoms with E-state index in [-0.39, 0.29) is 23.9 Å². The second-order valence-electron chi connectivity index (χ2n) is 9.63. The lowest BCUT2D eigenvalue weighted by molar-refractivity contribution is -0.188. The Morgan fingerprint density at radius 1 is 0.579 bits per heavy atom. The third-order valence-electron chi connectivity index (χ3n) is 6.58. The van der Waals surface area contributed by atoms with E-state index in [0.29, 0.717) is 26.2 Å². The number of hydrogen-bond acceptors (Lipinski definition) is 5. The van der Waals surface area contributed by atoms with E-state index in [2.05, 4.69) is 10.6 Å². The lowest BCUT2D eigenvalue weighted by atomic mass is 9.83. The first-order valence-electron chi connectivity index (χ1n) is 13.0. The number of carbonyl (C=O) groups excluding carboxylic acids is 2. The molecular weight excluding hydrogens is 480 g/mol. The highest BCUT2D eigenvalue weighted by molar-refractivity contribution is 5.74. The first-order chi connectivity index (χ1) is 18.5. The molecule has 0 spiro atoms. The minimum Gasteiger partial charge on any atom is -0.369 e. The fourth-order valence-electron chi connectivity index (χ4n) is 4.90. The summed E-state index contributed by atoms with van der Waals surface area (Å²) >= 11 is 0. The Hall–Kier alpha value is -3.52. The summed E-state index contributed by atoms with van der Waals surface area (Å²) in [6.45, 7) is 4.01. The van der Waals surface area contributed by atoms with E-state index in [1.807, 2.05) is 91.0 Å². The molecule has 0 bridgehead atoms. The number of ether oxygens (including phenoxy) is 3. The largest absolute Gasteiger partial charge is 0.369 e. The average molecular weight is 517 g/mol. The van der Waals surface area contributed by atoms with Crippen molar-refractivity contribution in [3.8, 4) is 0 Å². The Bertz CT molecular complexity index is 1070. The van der Waals surface area contributed by atoms with Gasteiger partial charge >= 0.3 is 0 Å². The Labute approximate surface area is 224 Å². The van der Waals surface area contributed by atoms with Crippen LogP contribution in [0.2, 0.25) is 0 Å². The van der Waals surface area contributed by atoms with Crippen molar-refractivity contribution in [2.75, 3.05) is 0 Å². The molecule has 1 saturated carbocycles. The van der Waals surface area contributed by atoms with Crippen LogP contribution < -0.4 is 10.6 Å². The molecular formula is C31H36N2O5. The molecule has 4 rings (SSSR count). The minimum absolute atomic E-state index is 0.171. The summed E-state index contributed by atoms with van der Waals surface area (Å²) in [5.74, 6) is -0.342. The highest BCUT2D eigenvalue weighted by Gasteiger charge is 2.48. The second-order valence-corrected chi connectivity index (χ2v) is 9.63. The van der Waals surface area contributed by atoms with Crippen molar-refractivity contribution >= 4 is 11.8 Å². The molecule has 0 saturated heterocycles. The van der Waals surface area contributed by atoms with Crippen molar-refractivity contribution in [2.24, 2.45) is 0 Å². The van der Waals surface area contributed by atoms with E-state index in [4.69, 9.17) is 14.2 Å². The van der Waals surface area contributed by atoms with Crippen molar-refractivity contribution in [2.45, 2.75) is 70.5 Å². The zero-order valence-electron chi connectivity index (χ0n) is 21.9. The topological polar surface area (TPSA) is 85.9 Å². The van der Waals surface area contributed by atoms with Crippen molar-refractivity contribution in [3.05, 3.63) is 108 Å². The molecule has 0 heterocycles. The van der Waals surface area contributed by atoms with Gasteiger partial charge in [0.2, 0.25) is 11.8 Å². The molecule has 4 atom stereocenters. The molecule has 200 valence electrons. The maximum atomic E-state index is 12.2. The smallest absolute Gasteiger partial charge is 0.217 e. The molecule has 2 amide bonds. The van der Waals surface area contributed by atoms with Crippen LogP contribution in [0.1, 0.15) is 37.0 Å². The molecule has 38 heavy (non-hydrogen) atoms. The van der Waals surface area contributed by atoms with Crippen LogP contribution in [0.5, 0.6) is 0 Å². The van der Waals surface area contributed by atoms with Crippen LogP contribution in [0.3, 0.4) is 0 Å². The quantitative estimate of drug-likeness (QED) is 0.400. The van der Waals surface area contributed by atoms with Crippen molar-refractivity contribution in [1.29, 1.82) is 0 Å². The monoisotopic (exact) mass is 516 g/mol. The highest BCUT2D eigenvalue weighted by Crippen LogP contribution is 2.30. The first kappa shape index (κ1) is 27.5. The zero-order valence-corrected chi connectivity index (χ0v) is 21.9. The van der Waals surface area contributed by atoms with E-state index in [1.165, 1.54) is 13.8 Å². The number of nitrogens with one attached hydrogen (secondary N) is 2. The number of carbonyl (C=O) groups is 2. The Kier molecular flexibility index (Phi) is 10.0. The molecule has 4 unspecified atom stereocenters. The standard InChI is InChI=1S/C31H36N2O5/c1-22(34)32-27-18-28(33-23(2)35)30(37-20-25-14-8-4-9-15-25)31(38-21-26-16-10-5-11-17-26)29(27)36-19-24-12-6-3-7-13-24/h3-17,27-31H,18-21H2,1-2H3,(H,32,34)(H,33,35). The Morgan fingerprint density at radius 3 is 1.21 bits per heavy atom. The lowest BCUT2D eigenvalue weighted by Crippen LogP contribution is -2.66. The summed E-state index contributed by atoms with van der Waals surface area (Å²) in [7, 11) is 0. The average Bonchev–Trinajstić information content (AvgIpc) is 2.92. The summed E-state index contributed by atoms with van der Waals surface area (Å²) in [5, 5.41) is 6.09. The van der Waals surface area contributed by atoms with Crippen LogP contribution in [0.25, 0.3) is 0 Å². The van der Waals surface area contributed by atoms with Gasteiger partial charge in [-0.25, -0.2) is 0 Å². The molecule has 2 N–H and O–H groups in total. The predicted molar refractivity (Wildman–Crippen MR) is 145 cm³/mol. The van der Waals surface area contributed by atoms with Crippen LogP contribution in [0, 0.1) is 0 Å². The predicted octanol–water partition coefficient (Wildman–Crippen LogP) is 4.16. The van der Waals surface area contributed by atoms with Crippen molar-refractivity contribution in [1.82, 2.24) is 10.6 Å².